The number of amides is 1. The number of ether oxygens (including phenoxy) is 1. The molecule has 0 unspecified atom stereocenters. The van der Waals surface area contributed by atoms with Crippen LogP contribution in [0, 0.1) is 0 Å². The molecule has 2 aromatic rings. The number of nitrogens with two attached hydrogens (primary N) is 1. The summed E-state index contributed by atoms with van der Waals surface area (Å²) < 4.78 is 4.97. The van der Waals surface area contributed by atoms with Crippen molar-refractivity contribution in [2.24, 2.45) is 5.10 Å². The number of aromatic nitrogens is 1. The smallest absolute Gasteiger partial charge is 0.337 e. The van der Waals surface area contributed by atoms with Crippen LogP contribution in [0.3, 0.4) is 0 Å². The zero-order valence-electron chi connectivity index (χ0n) is 12.2. The molecule has 7 nitrogen and oxygen atoms in total. The molecule has 1 aromatic carbocycles. The van der Waals surface area contributed by atoms with E-state index in [-0.39, 0.29) is 38.1 Å². The highest BCUT2D eigenvalue weighted by Gasteiger charge is 2.25. The van der Waals surface area contributed by atoms with Crippen LogP contribution in [0.25, 0.3) is 0 Å². The fourth-order valence-electron chi connectivity index (χ4n) is 1.72. The summed E-state index contributed by atoms with van der Waals surface area (Å²) in [7, 11) is 1.42. The molecule has 2 rings (SSSR count). The molecule has 0 saturated carbocycles. The molecule has 1 amide bonds. The van der Waals surface area contributed by atoms with Crippen LogP contribution in [-0.2, 0) is 0 Å². The maximum atomic E-state index is 12.1. The fraction of sp³-hybridized carbons (Fsp3) is 0.0714. The normalized spacial score (nSPS) is 10.8. The zero-order valence-corrected chi connectivity index (χ0v) is 14.5. The van der Waals surface area contributed by atoms with Gasteiger partial charge in [0.15, 0.2) is 11.5 Å². The lowest BCUT2D eigenvalue weighted by atomic mass is 10.2. The number of nitrogen functional groups attached to an aromatic ring is 1. The molecule has 0 bridgehead atoms. The molecule has 0 aliphatic rings. The minimum Gasteiger partial charge on any atom is -0.504 e. The number of phenols is 1. The Labute approximate surface area is 152 Å². The Morgan fingerprint density at radius 3 is 2.75 bits per heavy atom. The first-order valence-corrected chi connectivity index (χ1v) is 7.54. The van der Waals surface area contributed by atoms with E-state index in [4.69, 9.17) is 45.3 Å². The monoisotopic (exact) mass is 389 g/mol. The third-order valence-corrected chi connectivity index (χ3v) is 4.10. The van der Waals surface area contributed by atoms with Crippen molar-refractivity contribution in [1.29, 1.82) is 0 Å². The van der Waals surface area contributed by atoms with Crippen LogP contribution < -0.4 is 20.9 Å². The number of rotatable bonds is 4. The lowest BCUT2D eigenvalue weighted by molar-refractivity contribution is -0.379. The van der Waals surface area contributed by atoms with Crippen LogP contribution in [-0.4, -0.2) is 24.3 Å². The van der Waals surface area contributed by atoms with Crippen LogP contribution in [0.1, 0.15) is 16.1 Å². The summed E-state index contributed by atoms with van der Waals surface area (Å²) in [6, 6.07) is 4.57. The van der Waals surface area contributed by atoms with E-state index in [1.54, 1.807) is 12.1 Å². The Kier molecular flexibility index (Phi) is 5.71. The van der Waals surface area contributed by atoms with Crippen molar-refractivity contribution in [2.75, 3.05) is 12.8 Å². The molecule has 24 heavy (non-hydrogen) atoms. The van der Waals surface area contributed by atoms with Crippen molar-refractivity contribution in [3.63, 3.8) is 0 Å². The molecular formula is C14H12Cl3N4O3+. The van der Waals surface area contributed by atoms with Gasteiger partial charge in [0, 0.05) is 0 Å². The van der Waals surface area contributed by atoms with Gasteiger partial charge in [-0.3, -0.25) is 4.79 Å². The summed E-state index contributed by atoms with van der Waals surface area (Å²) in [5.74, 6) is -0.391. The van der Waals surface area contributed by atoms with Crippen molar-refractivity contribution in [3.05, 3.63) is 44.7 Å². The highest BCUT2D eigenvalue weighted by atomic mass is 35.5. The molecular weight excluding hydrogens is 379 g/mol. The molecule has 1 aromatic heterocycles. The Morgan fingerprint density at radius 1 is 1.38 bits per heavy atom. The van der Waals surface area contributed by atoms with Crippen LogP contribution in [0.15, 0.2) is 23.3 Å². The predicted molar refractivity (Wildman–Crippen MR) is 92.2 cm³/mol. The lowest BCUT2D eigenvalue weighted by Crippen LogP contribution is -2.28. The number of benzene rings is 1. The number of halogens is 3. The number of hydrogen-bond donors (Lipinski definition) is 3. The van der Waals surface area contributed by atoms with Crippen LogP contribution in [0.4, 0.5) is 5.69 Å². The minimum atomic E-state index is -0.660. The van der Waals surface area contributed by atoms with Gasteiger partial charge >= 0.3 is 5.91 Å². The second-order valence-electron chi connectivity index (χ2n) is 4.49. The second-order valence-corrected chi connectivity index (χ2v) is 5.62. The SMILES string of the molecule is COc1cc(/C=N/NC(=O)c2[nH+]c(Cl)c(Cl)c(N)c2Cl)ccc1O. The third-order valence-electron chi connectivity index (χ3n) is 2.93. The molecule has 0 aliphatic heterocycles. The zero-order chi connectivity index (χ0) is 17.9. The van der Waals surface area contributed by atoms with Gasteiger partial charge in [-0.05, 0) is 35.4 Å². The molecule has 1 heterocycles. The molecule has 0 fully saturated rings. The van der Waals surface area contributed by atoms with E-state index < -0.39 is 5.91 Å². The Bertz CT molecular complexity index is 827. The summed E-state index contributed by atoms with van der Waals surface area (Å²) in [5, 5.41) is 13.2. The molecule has 126 valence electrons. The summed E-state index contributed by atoms with van der Waals surface area (Å²) in [5.41, 5.74) is 8.43. The van der Waals surface area contributed by atoms with E-state index in [2.05, 4.69) is 15.5 Å². The first kappa shape index (κ1) is 18.1. The number of nitrogens with one attached hydrogen (secondary N) is 2. The van der Waals surface area contributed by atoms with Gasteiger partial charge in [0.25, 0.3) is 10.8 Å². The average Bonchev–Trinajstić information content (AvgIpc) is 2.57. The summed E-state index contributed by atoms with van der Waals surface area (Å²) in [6.07, 6.45) is 1.36. The Morgan fingerprint density at radius 2 is 2.08 bits per heavy atom. The van der Waals surface area contributed by atoms with Crippen LogP contribution in [0.2, 0.25) is 15.2 Å². The molecule has 5 N–H and O–H groups in total. The number of hydrogen-bond acceptors (Lipinski definition) is 5. The molecule has 10 heteroatoms. The average molecular weight is 391 g/mol. The van der Waals surface area contributed by atoms with Crippen LogP contribution >= 0.6 is 34.8 Å². The first-order chi connectivity index (χ1) is 11.3. The predicted octanol–water partition coefficient (Wildman–Crippen LogP) is 2.52. The van der Waals surface area contributed by atoms with E-state index >= 15 is 0 Å². The van der Waals surface area contributed by atoms with Crippen molar-refractivity contribution in [1.82, 2.24) is 5.43 Å². The number of anilines is 1. The topological polar surface area (TPSA) is 111 Å². The van der Waals surface area contributed by atoms with Gasteiger partial charge in [0.2, 0.25) is 0 Å². The number of nitrogens with zero attached hydrogens (tertiary/aromatic N) is 1. The number of H-pyrrole nitrogens is 1. The van der Waals surface area contributed by atoms with Gasteiger partial charge in [-0.2, -0.15) is 10.1 Å². The van der Waals surface area contributed by atoms with Gasteiger partial charge in [0.1, 0.15) is 10.0 Å². The van der Waals surface area contributed by atoms with Gasteiger partial charge in [-0.15, -0.1) is 0 Å². The maximum Gasteiger partial charge on any atom is 0.337 e. The van der Waals surface area contributed by atoms with E-state index in [0.717, 1.165) is 0 Å². The largest absolute Gasteiger partial charge is 0.504 e. The second kappa shape index (κ2) is 7.57. The number of pyridine rings is 1. The minimum absolute atomic E-state index is 0.00801. The molecule has 0 spiro atoms. The number of hydrazone groups is 1. The van der Waals surface area contributed by atoms with Crippen LogP contribution in [0.5, 0.6) is 11.5 Å². The highest BCUT2D eigenvalue weighted by Crippen LogP contribution is 2.32. The van der Waals surface area contributed by atoms with E-state index in [9.17, 15) is 9.90 Å². The van der Waals surface area contributed by atoms with Gasteiger partial charge in [-0.25, -0.2) is 5.43 Å². The number of methoxy groups -OCH3 is 1. The highest BCUT2D eigenvalue weighted by molar-refractivity contribution is 6.45. The summed E-state index contributed by atoms with van der Waals surface area (Å²) in [4.78, 5) is 14.6. The third kappa shape index (κ3) is 3.81. The molecule has 0 saturated heterocycles. The van der Waals surface area contributed by atoms with E-state index in [1.807, 2.05) is 0 Å². The van der Waals surface area contributed by atoms with E-state index in [1.165, 1.54) is 19.4 Å². The summed E-state index contributed by atoms with van der Waals surface area (Å²) >= 11 is 17.6. The van der Waals surface area contributed by atoms with Crippen molar-refractivity contribution >= 4 is 52.6 Å². The Balaban J connectivity index is 2.17. The van der Waals surface area contributed by atoms with Crippen molar-refractivity contribution in [3.8, 4) is 11.5 Å². The molecule has 0 radical (unpaired) electrons. The number of aromatic hydroxyl groups is 1. The maximum absolute atomic E-state index is 12.1. The molecule has 0 aliphatic carbocycles. The molecule has 0 atom stereocenters. The first-order valence-electron chi connectivity index (χ1n) is 6.40. The Hall–Kier alpha value is -2.22. The summed E-state index contributed by atoms with van der Waals surface area (Å²) in [6.45, 7) is 0. The van der Waals surface area contributed by atoms with Gasteiger partial charge in [-0.1, -0.05) is 23.2 Å². The number of phenolic OH excluding ortho intramolecular Hbond substituents is 1. The number of aromatic amines is 1. The van der Waals surface area contributed by atoms with Crippen molar-refractivity contribution < 1.29 is 19.6 Å². The van der Waals surface area contributed by atoms with Crippen molar-refractivity contribution in [2.45, 2.75) is 0 Å². The fourth-order valence-corrected chi connectivity index (χ4v) is 2.33. The lowest BCUT2D eigenvalue weighted by Gasteiger charge is -2.04. The van der Waals surface area contributed by atoms with E-state index in [0.29, 0.717) is 5.56 Å². The quantitative estimate of drug-likeness (QED) is 0.423. The standard InChI is InChI=1S/C14H11Cl3N4O3/c1-24-8-4-6(2-3-7(8)22)5-19-21-14(23)12-9(15)11(18)10(16)13(17)20-12/h2-5,22H,1H3,(H2,18,20)(H,21,23)/p+1/b19-5+. The van der Waals surface area contributed by atoms with Gasteiger partial charge < -0.3 is 15.6 Å². The number of carbonyl (C=O) groups is 1. The van der Waals surface area contributed by atoms with Gasteiger partial charge in [0.05, 0.1) is 19.0 Å². The number of carbonyl (C=O) groups excluding carboxylic acids is 1.